The quantitative estimate of drug-likeness (QED) is 0.903. The van der Waals surface area contributed by atoms with Crippen LogP contribution in [0.3, 0.4) is 0 Å². The normalized spacial score (nSPS) is 22.1. The number of benzene rings is 1. The molecule has 0 aromatic heterocycles. The van der Waals surface area contributed by atoms with Gasteiger partial charge in [-0.3, -0.25) is 4.79 Å². The number of carbonyl (C=O) groups excluding carboxylic acids is 1. The first-order valence-electron chi connectivity index (χ1n) is 7.76. The highest BCUT2D eigenvalue weighted by molar-refractivity contribution is 5.79. The molecule has 0 spiro atoms. The van der Waals surface area contributed by atoms with Crippen molar-refractivity contribution in [2.45, 2.75) is 32.2 Å². The molecule has 21 heavy (non-hydrogen) atoms. The van der Waals surface area contributed by atoms with Gasteiger partial charge in [-0.25, -0.2) is 0 Å². The summed E-state index contributed by atoms with van der Waals surface area (Å²) in [5.41, 5.74) is 0.966. The summed E-state index contributed by atoms with van der Waals surface area (Å²) < 4.78 is 5.33. The van der Waals surface area contributed by atoms with Crippen molar-refractivity contribution in [3.05, 3.63) is 29.8 Å². The van der Waals surface area contributed by atoms with Crippen molar-refractivity contribution in [3.8, 4) is 5.75 Å². The van der Waals surface area contributed by atoms with Crippen molar-refractivity contribution in [2.24, 2.45) is 5.92 Å². The van der Waals surface area contributed by atoms with Crippen LogP contribution in [0, 0.1) is 5.92 Å². The highest BCUT2D eigenvalue weighted by atomic mass is 16.5. The number of para-hydroxylation sites is 1. The van der Waals surface area contributed by atoms with Crippen molar-refractivity contribution in [1.29, 1.82) is 0 Å². The van der Waals surface area contributed by atoms with E-state index in [0.29, 0.717) is 18.4 Å². The van der Waals surface area contributed by atoms with Gasteiger partial charge in [0.1, 0.15) is 5.75 Å². The van der Waals surface area contributed by atoms with E-state index in [-0.39, 0.29) is 5.91 Å². The molecular formula is C17H26N2O2. The Morgan fingerprint density at radius 3 is 2.86 bits per heavy atom. The van der Waals surface area contributed by atoms with Crippen molar-refractivity contribution in [3.63, 3.8) is 0 Å². The summed E-state index contributed by atoms with van der Waals surface area (Å²) in [7, 11) is 3.66. The van der Waals surface area contributed by atoms with Crippen LogP contribution in [0.4, 0.5) is 0 Å². The third-order valence-electron chi connectivity index (χ3n) is 4.52. The molecule has 1 saturated heterocycles. The van der Waals surface area contributed by atoms with E-state index in [1.54, 1.807) is 7.11 Å². The topological polar surface area (TPSA) is 41.6 Å². The number of carbonyl (C=O) groups is 1. The first-order valence-corrected chi connectivity index (χ1v) is 7.76. The number of piperidine rings is 1. The van der Waals surface area contributed by atoms with E-state index in [1.165, 1.54) is 0 Å². The van der Waals surface area contributed by atoms with Gasteiger partial charge in [0.15, 0.2) is 0 Å². The van der Waals surface area contributed by atoms with Crippen molar-refractivity contribution in [1.82, 2.24) is 10.2 Å². The Morgan fingerprint density at radius 2 is 2.19 bits per heavy atom. The van der Waals surface area contributed by atoms with E-state index in [0.717, 1.165) is 37.2 Å². The average molecular weight is 290 g/mol. The number of hydrogen-bond donors (Lipinski definition) is 1. The second kappa shape index (κ2) is 7.46. The Labute approximate surface area is 127 Å². The summed E-state index contributed by atoms with van der Waals surface area (Å²) in [5, 5.41) is 3.37. The number of amides is 1. The SMILES string of the molecule is CCC1CN(C(=O)Cc2ccccc2OC)CCC1NC. The molecule has 1 aliphatic heterocycles. The van der Waals surface area contributed by atoms with Crippen LogP contribution in [0.5, 0.6) is 5.75 Å². The van der Waals surface area contributed by atoms with E-state index < -0.39 is 0 Å². The van der Waals surface area contributed by atoms with Crippen LogP contribution >= 0.6 is 0 Å². The lowest BCUT2D eigenvalue weighted by Crippen LogP contribution is -2.50. The van der Waals surface area contributed by atoms with E-state index in [4.69, 9.17) is 4.74 Å². The van der Waals surface area contributed by atoms with Crippen molar-refractivity contribution >= 4 is 5.91 Å². The maximum atomic E-state index is 12.5. The number of likely N-dealkylation sites (tertiary alicyclic amines) is 1. The van der Waals surface area contributed by atoms with Crippen LogP contribution in [-0.4, -0.2) is 44.1 Å². The van der Waals surface area contributed by atoms with E-state index >= 15 is 0 Å². The number of ether oxygens (including phenoxy) is 1. The molecule has 0 aliphatic carbocycles. The van der Waals surface area contributed by atoms with Crippen molar-refractivity contribution < 1.29 is 9.53 Å². The molecule has 0 radical (unpaired) electrons. The predicted octanol–water partition coefficient (Wildman–Crippen LogP) is 2.08. The third kappa shape index (κ3) is 3.76. The number of rotatable bonds is 5. The average Bonchev–Trinajstić information content (AvgIpc) is 2.54. The van der Waals surface area contributed by atoms with Gasteiger partial charge in [-0.05, 0) is 25.5 Å². The standard InChI is InChI=1S/C17H26N2O2/c1-4-13-12-19(10-9-15(13)18-2)17(20)11-14-7-5-6-8-16(14)21-3/h5-8,13,15,18H,4,9-12H2,1-3H3. The minimum atomic E-state index is 0.201. The molecule has 1 aromatic carbocycles. The Hall–Kier alpha value is -1.55. The van der Waals surface area contributed by atoms with Gasteiger partial charge in [-0.1, -0.05) is 31.5 Å². The van der Waals surface area contributed by atoms with E-state index in [9.17, 15) is 4.79 Å². The van der Waals surface area contributed by atoms with Crippen LogP contribution in [0.1, 0.15) is 25.3 Å². The first-order chi connectivity index (χ1) is 10.2. The number of nitrogens with zero attached hydrogens (tertiary/aromatic N) is 1. The van der Waals surface area contributed by atoms with Gasteiger partial charge in [-0.2, -0.15) is 0 Å². The predicted molar refractivity (Wildman–Crippen MR) is 84.5 cm³/mol. The summed E-state index contributed by atoms with van der Waals surface area (Å²) in [6, 6.07) is 8.29. The molecule has 1 amide bonds. The van der Waals surface area contributed by atoms with Crippen LogP contribution < -0.4 is 10.1 Å². The fourth-order valence-corrected chi connectivity index (χ4v) is 3.18. The second-order valence-corrected chi connectivity index (χ2v) is 5.68. The molecular weight excluding hydrogens is 264 g/mol. The molecule has 2 atom stereocenters. The Kier molecular flexibility index (Phi) is 5.62. The molecule has 4 nitrogen and oxygen atoms in total. The molecule has 116 valence electrons. The lowest BCUT2D eigenvalue weighted by molar-refractivity contribution is -0.132. The minimum Gasteiger partial charge on any atom is -0.496 e. The largest absolute Gasteiger partial charge is 0.496 e. The van der Waals surface area contributed by atoms with Gasteiger partial charge in [0, 0.05) is 24.7 Å². The molecule has 2 rings (SSSR count). The van der Waals surface area contributed by atoms with E-state index in [2.05, 4.69) is 12.2 Å². The number of hydrogen-bond acceptors (Lipinski definition) is 3. The molecule has 1 fully saturated rings. The maximum Gasteiger partial charge on any atom is 0.227 e. The van der Waals surface area contributed by atoms with Gasteiger partial charge in [0.2, 0.25) is 5.91 Å². The summed E-state index contributed by atoms with van der Waals surface area (Å²) in [6.07, 6.45) is 2.56. The Balaban J connectivity index is 2.00. The fraction of sp³-hybridized carbons (Fsp3) is 0.588. The summed E-state index contributed by atoms with van der Waals surface area (Å²) in [4.78, 5) is 14.6. The second-order valence-electron chi connectivity index (χ2n) is 5.68. The zero-order valence-electron chi connectivity index (χ0n) is 13.3. The van der Waals surface area contributed by atoms with Crippen molar-refractivity contribution in [2.75, 3.05) is 27.2 Å². The molecule has 1 N–H and O–H groups in total. The van der Waals surface area contributed by atoms with Gasteiger partial charge in [-0.15, -0.1) is 0 Å². The first kappa shape index (κ1) is 15.8. The fourth-order valence-electron chi connectivity index (χ4n) is 3.18. The van der Waals surface area contributed by atoms with Gasteiger partial charge >= 0.3 is 0 Å². The highest BCUT2D eigenvalue weighted by Crippen LogP contribution is 2.23. The molecule has 1 aromatic rings. The molecule has 1 heterocycles. The minimum absolute atomic E-state index is 0.201. The smallest absolute Gasteiger partial charge is 0.227 e. The third-order valence-corrected chi connectivity index (χ3v) is 4.52. The Bertz CT molecular complexity index is 476. The number of methoxy groups -OCH3 is 1. The monoisotopic (exact) mass is 290 g/mol. The van der Waals surface area contributed by atoms with Gasteiger partial charge in [0.05, 0.1) is 13.5 Å². The van der Waals surface area contributed by atoms with Crippen LogP contribution in [0.15, 0.2) is 24.3 Å². The lowest BCUT2D eigenvalue weighted by Gasteiger charge is -2.38. The summed E-state index contributed by atoms with van der Waals surface area (Å²) >= 11 is 0. The maximum absolute atomic E-state index is 12.5. The molecule has 1 aliphatic rings. The zero-order valence-corrected chi connectivity index (χ0v) is 13.3. The number of nitrogens with one attached hydrogen (secondary N) is 1. The Morgan fingerprint density at radius 1 is 1.43 bits per heavy atom. The van der Waals surface area contributed by atoms with Crippen LogP contribution in [0.25, 0.3) is 0 Å². The molecule has 4 heteroatoms. The molecule has 0 bridgehead atoms. The summed E-state index contributed by atoms with van der Waals surface area (Å²) in [6.45, 7) is 3.90. The lowest BCUT2D eigenvalue weighted by atomic mass is 9.89. The van der Waals surface area contributed by atoms with Gasteiger partial charge < -0.3 is 15.0 Å². The summed E-state index contributed by atoms with van der Waals surface area (Å²) in [5.74, 6) is 1.54. The zero-order chi connectivity index (χ0) is 15.2. The van der Waals surface area contributed by atoms with E-state index in [1.807, 2.05) is 36.2 Å². The molecule has 0 saturated carbocycles. The van der Waals surface area contributed by atoms with Gasteiger partial charge in [0.25, 0.3) is 0 Å². The van der Waals surface area contributed by atoms with Crippen LogP contribution in [-0.2, 0) is 11.2 Å². The molecule has 2 unspecified atom stereocenters. The highest BCUT2D eigenvalue weighted by Gasteiger charge is 2.29. The van der Waals surface area contributed by atoms with Crippen LogP contribution in [0.2, 0.25) is 0 Å².